The van der Waals surface area contributed by atoms with Gasteiger partial charge in [-0.3, -0.25) is 10.2 Å². The van der Waals surface area contributed by atoms with Gasteiger partial charge in [-0.05, 0) is 30.4 Å². The topological polar surface area (TPSA) is 81.8 Å². The molecule has 0 radical (unpaired) electrons. The molecule has 2 aromatic carbocycles. The highest BCUT2D eigenvalue weighted by molar-refractivity contribution is 7.89. The molecule has 2 fully saturated rings. The number of amides is 1. The van der Waals surface area contributed by atoms with Gasteiger partial charge in [0.2, 0.25) is 10.0 Å². The molecule has 2 unspecified atom stereocenters. The number of sulfonamides is 1. The maximum absolute atomic E-state index is 13.0. The van der Waals surface area contributed by atoms with Crippen LogP contribution in [0.15, 0.2) is 60.7 Å². The van der Waals surface area contributed by atoms with Crippen LogP contribution in [0, 0.1) is 0 Å². The average molecular weight is 443 g/mol. The van der Waals surface area contributed by atoms with E-state index in [0.29, 0.717) is 39.1 Å². The summed E-state index contributed by atoms with van der Waals surface area (Å²) < 4.78 is 27.3. The van der Waals surface area contributed by atoms with E-state index in [1.807, 2.05) is 65.7 Å². The van der Waals surface area contributed by atoms with E-state index >= 15 is 0 Å². The zero-order valence-electron chi connectivity index (χ0n) is 17.6. The summed E-state index contributed by atoms with van der Waals surface area (Å²) in [6.45, 7) is 2.62. The Kier molecular flexibility index (Phi) is 7.02. The Labute approximate surface area is 184 Å². The second kappa shape index (κ2) is 9.91. The zero-order valence-corrected chi connectivity index (χ0v) is 18.4. The van der Waals surface area contributed by atoms with E-state index in [9.17, 15) is 13.2 Å². The lowest BCUT2D eigenvalue weighted by Crippen LogP contribution is -2.48. The third-order valence-electron chi connectivity index (χ3n) is 5.95. The highest BCUT2D eigenvalue weighted by Crippen LogP contribution is 2.23. The van der Waals surface area contributed by atoms with Gasteiger partial charge in [0.25, 0.3) is 5.91 Å². The molecule has 2 N–H and O–H groups in total. The van der Waals surface area contributed by atoms with Gasteiger partial charge in [-0.2, -0.15) is 0 Å². The van der Waals surface area contributed by atoms with Gasteiger partial charge in [-0.1, -0.05) is 60.7 Å². The van der Waals surface area contributed by atoms with Crippen molar-refractivity contribution in [1.29, 1.82) is 0 Å². The number of nitrogens with one attached hydrogen (secondary N) is 2. The second-order valence-electron chi connectivity index (χ2n) is 8.27. The van der Waals surface area contributed by atoms with Crippen LogP contribution in [0.5, 0.6) is 0 Å². The van der Waals surface area contributed by atoms with Gasteiger partial charge in [0, 0.05) is 32.7 Å². The summed E-state index contributed by atoms with van der Waals surface area (Å²) in [4.78, 5) is 13.0. The Balaban J connectivity index is 1.41. The number of hydrazine groups is 1. The van der Waals surface area contributed by atoms with Gasteiger partial charge in [0.05, 0.1) is 11.3 Å². The number of nitrogens with zero attached hydrogens (tertiary/aromatic N) is 2. The molecule has 2 heterocycles. The third kappa shape index (κ3) is 5.51. The number of rotatable bonds is 8. The summed E-state index contributed by atoms with van der Waals surface area (Å²) in [5.74, 6) is -0.189. The van der Waals surface area contributed by atoms with E-state index in [4.69, 9.17) is 0 Å². The van der Waals surface area contributed by atoms with Crippen LogP contribution in [-0.4, -0.2) is 54.6 Å². The van der Waals surface area contributed by atoms with Crippen LogP contribution in [0.1, 0.15) is 30.4 Å². The molecule has 2 atom stereocenters. The van der Waals surface area contributed by atoms with Gasteiger partial charge >= 0.3 is 0 Å². The van der Waals surface area contributed by atoms with Gasteiger partial charge in [-0.15, -0.1) is 0 Å². The molecule has 0 bridgehead atoms. The molecule has 2 aromatic rings. The van der Waals surface area contributed by atoms with Crippen LogP contribution < -0.4 is 10.7 Å². The van der Waals surface area contributed by atoms with E-state index in [0.717, 1.165) is 24.0 Å². The number of carbonyl (C=O) groups excluding carboxylic acids is 1. The van der Waals surface area contributed by atoms with E-state index in [2.05, 4.69) is 10.7 Å². The first-order valence-corrected chi connectivity index (χ1v) is 12.4. The molecule has 31 heavy (non-hydrogen) atoms. The summed E-state index contributed by atoms with van der Waals surface area (Å²) in [7, 11) is -3.35. The minimum Gasteiger partial charge on any atom is -0.304 e. The molecule has 166 valence electrons. The normalized spacial score (nSPS) is 22.1. The predicted molar refractivity (Wildman–Crippen MR) is 120 cm³/mol. The predicted octanol–water partition coefficient (Wildman–Crippen LogP) is 1.88. The standard InChI is InChI=1S/C23H30N4O3S/c28-23(22-15-21(16-24-22)31(29,30)27-13-7-8-14-27)25-26(17-19-9-3-1-4-10-19)18-20-11-5-2-6-12-20/h1-6,9-12,21-22,24H,7-8,13-18H2,(H,25,28). The molecular weight excluding hydrogens is 412 g/mol. The quantitative estimate of drug-likeness (QED) is 0.610. The highest BCUT2D eigenvalue weighted by atomic mass is 32.2. The maximum Gasteiger partial charge on any atom is 0.251 e. The fraction of sp³-hybridized carbons (Fsp3) is 0.435. The average Bonchev–Trinajstić information content (AvgIpc) is 3.48. The van der Waals surface area contributed by atoms with Crippen LogP contribution in [0.2, 0.25) is 0 Å². The molecule has 1 amide bonds. The first-order valence-electron chi connectivity index (χ1n) is 10.9. The lowest BCUT2D eigenvalue weighted by atomic mass is 10.2. The second-order valence-corrected chi connectivity index (χ2v) is 10.5. The Morgan fingerprint density at radius 3 is 2.06 bits per heavy atom. The van der Waals surface area contributed by atoms with Crippen molar-refractivity contribution in [2.45, 2.75) is 43.6 Å². The van der Waals surface area contributed by atoms with Crippen molar-refractivity contribution in [3.63, 3.8) is 0 Å². The lowest BCUT2D eigenvalue weighted by Gasteiger charge is -2.25. The molecule has 2 aliphatic heterocycles. The Hall–Kier alpha value is -2.26. The molecule has 0 saturated carbocycles. The highest BCUT2D eigenvalue weighted by Gasteiger charge is 2.41. The minimum absolute atomic E-state index is 0.189. The molecule has 8 heteroatoms. The van der Waals surface area contributed by atoms with E-state index in [-0.39, 0.29) is 5.91 Å². The molecule has 0 aromatic heterocycles. The van der Waals surface area contributed by atoms with Crippen molar-refractivity contribution in [2.24, 2.45) is 0 Å². The first kappa shape index (κ1) is 22.0. The summed E-state index contributed by atoms with van der Waals surface area (Å²) >= 11 is 0. The fourth-order valence-electron chi connectivity index (χ4n) is 4.26. The molecule has 4 rings (SSSR count). The molecule has 0 aliphatic carbocycles. The fourth-order valence-corrected chi connectivity index (χ4v) is 6.19. The maximum atomic E-state index is 13.0. The summed E-state index contributed by atoms with van der Waals surface area (Å²) in [5, 5.41) is 4.47. The van der Waals surface area contributed by atoms with Crippen molar-refractivity contribution < 1.29 is 13.2 Å². The lowest BCUT2D eigenvalue weighted by molar-refractivity contribution is -0.128. The smallest absolute Gasteiger partial charge is 0.251 e. The molecule has 2 saturated heterocycles. The van der Waals surface area contributed by atoms with Crippen molar-refractivity contribution in [2.75, 3.05) is 19.6 Å². The van der Waals surface area contributed by atoms with Crippen LogP contribution in [0.4, 0.5) is 0 Å². The summed E-state index contributed by atoms with van der Waals surface area (Å²) in [5.41, 5.74) is 5.20. The van der Waals surface area contributed by atoms with Crippen LogP contribution in [0.3, 0.4) is 0 Å². The molecule has 2 aliphatic rings. The van der Waals surface area contributed by atoms with Crippen molar-refractivity contribution >= 4 is 15.9 Å². The van der Waals surface area contributed by atoms with Gasteiger partial charge < -0.3 is 5.32 Å². The zero-order chi connectivity index (χ0) is 21.7. The van der Waals surface area contributed by atoms with Crippen molar-refractivity contribution in [1.82, 2.24) is 20.1 Å². The van der Waals surface area contributed by atoms with E-state index < -0.39 is 21.3 Å². The van der Waals surface area contributed by atoms with E-state index in [1.165, 1.54) is 0 Å². The Morgan fingerprint density at radius 1 is 0.968 bits per heavy atom. The van der Waals surface area contributed by atoms with E-state index in [1.54, 1.807) is 4.31 Å². The van der Waals surface area contributed by atoms with Crippen LogP contribution in [-0.2, 0) is 27.9 Å². The molecular formula is C23H30N4O3S. The SMILES string of the molecule is O=C(NN(Cc1ccccc1)Cc1ccccc1)C1CC(S(=O)(=O)N2CCCC2)CN1. The van der Waals surface area contributed by atoms with Gasteiger partial charge in [0.1, 0.15) is 0 Å². The molecule has 7 nitrogen and oxygen atoms in total. The minimum atomic E-state index is -3.35. The summed E-state index contributed by atoms with van der Waals surface area (Å²) in [6, 6.07) is 19.4. The van der Waals surface area contributed by atoms with Crippen molar-refractivity contribution in [3.8, 4) is 0 Å². The summed E-state index contributed by atoms with van der Waals surface area (Å²) in [6.07, 6.45) is 2.13. The Morgan fingerprint density at radius 2 is 1.52 bits per heavy atom. The molecule has 0 spiro atoms. The monoisotopic (exact) mass is 442 g/mol. The van der Waals surface area contributed by atoms with Crippen LogP contribution in [0.25, 0.3) is 0 Å². The third-order valence-corrected chi connectivity index (χ3v) is 8.24. The van der Waals surface area contributed by atoms with Crippen LogP contribution >= 0.6 is 0 Å². The van der Waals surface area contributed by atoms with Gasteiger partial charge in [0.15, 0.2) is 0 Å². The number of hydrogen-bond donors (Lipinski definition) is 2. The first-order chi connectivity index (χ1) is 15.0. The number of benzene rings is 2. The van der Waals surface area contributed by atoms with Crippen molar-refractivity contribution in [3.05, 3.63) is 71.8 Å². The largest absolute Gasteiger partial charge is 0.304 e. The van der Waals surface area contributed by atoms with Gasteiger partial charge in [-0.25, -0.2) is 17.7 Å². The number of carbonyl (C=O) groups is 1. The number of hydrogen-bond acceptors (Lipinski definition) is 5. The Bertz CT molecular complexity index is 921.